The Labute approximate surface area is 151 Å². The van der Waals surface area contributed by atoms with Gasteiger partial charge in [-0.2, -0.15) is 5.26 Å². The number of aromatic carboxylic acids is 1. The van der Waals surface area contributed by atoms with Crippen molar-refractivity contribution >= 4 is 29.2 Å². The zero-order valence-corrected chi connectivity index (χ0v) is 14.7. The molecule has 0 heterocycles. The Hall–Kier alpha value is -2.77. The highest BCUT2D eigenvalue weighted by atomic mass is 35.5. The van der Waals surface area contributed by atoms with Crippen LogP contribution in [0, 0.1) is 11.3 Å². The Morgan fingerprint density at radius 3 is 2.44 bits per heavy atom. The van der Waals surface area contributed by atoms with E-state index in [0.29, 0.717) is 21.9 Å². The predicted octanol–water partition coefficient (Wildman–Crippen LogP) is 5.28. The Morgan fingerprint density at radius 2 is 1.92 bits per heavy atom. The molecule has 0 radical (unpaired) electrons. The van der Waals surface area contributed by atoms with Crippen LogP contribution in [0.15, 0.2) is 42.5 Å². The molecule has 0 amide bonds. The van der Waals surface area contributed by atoms with E-state index in [2.05, 4.69) is 6.07 Å². The van der Waals surface area contributed by atoms with Crippen LogP contribution < -0.4 is 4.74 Å². The van der Waals surface area contributed by atoms with Crippen LogP contribution in [0.3, 0.4) is 0 Å². The summed E-state index contributed by atoms with van der Waals surface area (Å²) in [5, 5.41) is 18.8. The van der Waals surface area contributed by atoms with Crippen LogP contribution in [-0.2, 0) is 0 Å². The summed E-state index contributed by atoms with van der Waals surface area (Å²) in [6.07, 6.45) is 2.65. The molecule has 0 fully saturated rings. The van der Waals surface area contributed by atoms with E-state index in [1.54, 1.807) is 30.3 Å². The van der Waals surface area contributed by atoms with E-state index in [1.807, 2.05) is 19.9 Å². The summed E-state index contributed by atoms with van der Waals surface area (Å²) in [6.45, 7) is 4.00. The number of allylic oxidation sites excluding steroid dienone is 1. The number of carbonyl (C=O) groups is 1. The number of carboxylic acid groups (broad SMARTS) is 1. The third-order valence-corrected chi connectivity index (χ3v) is 4.03. The topological polar surface area (TPSA) is 70.3 Å². The molecule has 0 saturated carbocycles. The lowest BCUT2D eigenvalue weighted by Gasteiger charge is -2.14. The molecule has 0 aliphatic carbocycles. The highest BCUT2D eigenvalue weighted by Crippen LogP contribution is 2.28. The summed E-state index contributed by atoms with van der Waals surface area (Å²) in [7, 11) is 0. The second-order valence-electron chi connectivity index (χ2n) is 5.58. The van der Waals surface area contributed by atoms with Crippen molar-refractivity contribution in [3.8, 4) is 11.8 Å². The summed E-state index contributed by atoms with van der Waals surface area (Å²) in [4.78, 5) is 10.9. The maximum Gasteiger partial charge on any atom is 0.335 e. The van der Waals surface area contributed by atoms with Gasteiger partial charge in [-0.15, -0.1) is 0 Å². The van der Waals surface area contributed by atoms with Crippen molar-refractivity contribution in [3.63, 3.8) is 0 Å². The van der Waals surface area contributed by atoms with E-state index < -0.39 is 5.97 Å². The van der Waals surface area contributed by atoms with Crippen molar-refractivity contribution in [2.24, 2.45) is 0 Å². The number of hydrogen-bond acceptors (Lipinski definition) is 3. The van der Waals surface area contributed by atoms with Gasteiger partial charge < -0.3 is 9.84 Å². The minimum atomic E-state index is -1.00. The van der Waals surface area contributed by atoms with Gasteiger partial charge in [0.25, 0.3) is 0 Å². The number of carboxylic acids is 1. The minimum absolute atomic E-state index is 0.0707. The molecule has 128 valence electrons. The molecule has 1 atom stereocenters. The monoisotopic (exact) mass is 355 g/mol. The second-order valence-corrected chi connectivity index (χ2v) is 5.99. The normalized spacial score (nSPS) is 12.3. The van der Waals surface area contributed by atoms with Gasteiger partial charge >= 0.3 is 5.97 Å². The summed E-state index contributed by atoms with van der Waals surface area (Å²) in [6, 6.07) is 13.6. The maximum atomic E-state index is 10.9. The predicted molar refractivity (Wildman–Crippen MR) is 98.7 cm³/mol. The van der Waals surface area contributed by atoms with Crippen LogP contribution in [0.2, 0.25) is 5.02 Å². The van der Waals surface area contributed by atoms with Gasteiger partial charge in [0.15, 0.2) is 0 Å². The molecular weight excluding hydrogens is 338 g/mol. The van der Waals surface area contributed by atoms with Gasteiger partial charge in [-0.1, -0.05) is 36.7 Å². The van der Waals surface area contributed by atoms with E-state index in [9.17, 15) is 10.1 Å². The number of hydrogen-bond donors (Lipinski definition) is 1. The van der Waals surface area contributed by atoms with Crippen molar-refractivity contribution in [3.05, 3.63) is 64.2 Å². The van der Waals surface area contributed by atoms with Crippen molar-refractivity contribution < 1.29 is 14.6 Å². The molecule has 0 unspecified atom stereocenters. The second kappa shape index (κ2) is 8.36. The van der Waals surface area contributed by atoms with Crippen LogP contribution in [0.5, 0.6) is 5.75 Å². The third-order valence-electron chi connectivity index (χ3n) is 3.73. The SMILES string of the molecule is CC[C@H](C)Oc1ccc(/C=C(/C#N)c2ccc(C(=O)O)cc2)cc1Cl. The van der Waals surface area contributed by atoms with Crippen LogP contribution in [-0.4, -0.2) is 17.2 Å². The molecule has 0 saturated heterocycles. The molecule has 1 N–H and O–H groups in total. The molecule has 0 aromatic heterocycles. The smallest absolute Gasteiger partial charge is 0.335 e. The lowest BCUT2D eigenvalue weighted by Crippen LogP contribution is -2.09. The molecule has 25 heavy (non-hydrogen) atoms. The molecule has 0 spiro atoms. The highest BCUT2D eigenvalue weighted by Gasteiger charge is 2.08. The first kappa shape index (κ1) is 18.6. The standard InChI is InChI=1S/C20H18ClNO3/c1-3-13(2)25-19-9-4-14(11-18(19)21)10-17(12-22)15-5-7-16(8-6-15)20(23)24/h4-11,13H,3H2,1-2H3,(H,23,24)/b17-10-/t13-/m0/s1. The van der Waals surface area contributed by atoms with Gasteiger partial charge in [0.1, 0.15) is 5.75 Å². The molecule has 4 nitrogen and oxygen atoms in total. The van der Waals surface area contributed by atoms with Crippen molar-refractivity contribution in [2.75, 3.05) is 0 Å². The average Bonchev–Trinajstić information content (AvgIpc) is 2.61. The summed E-state index contributed by atoms with van der Waals surface area (Å²) < 4.78 is 5.73. The van der Waals surface area contributed by atoms with Gasteiger partial charge in [-0.05, 0) is 54.8 Å². The Kier molecular flexibility index (Phi) is 6.21. The molecule has 0 aliphatic rings. The van der Waals surface area contributed by atoms with Crippen molar-refractivity contribution in [2.45, 2.75) is 26.4 Å². The third kappa shape index (κ3) is 4.85. The van der Waals surface area contributed by atoms with Crippen LogP contribution in [0.25, 0.3) is 11.6 Å². The average molecular weight is 356 g/mol. The summed E-state index contributed by atoms with van der Waals surface area (Å²) in [5.41, 5.74) is 2.00. The van der Waals surface area contributed by atoms with Crippen LogP contribution in [0.1, 0.15) is 41.8 Å². The molecule has 2 rings (SSSR count). The molecule has 5 heteroatoms. The first-order chi connectivity index (χ1) is 11.9. The first-order valence-electron chi connectivity index (χ1n) is 7.86. The fourth-order valence-electron chi connectivity index (χ4n) is 2.14. The number of benzene rings is 2. The van der Waals surface area contributed by atoms with Gasteiger partial charge in [-0.3, -0.25) is 0 Å². The Bertz CT molecular complexity index is 835. The molecule has 0 bridgehead atoms. The zero-order chi connectivity index (χ0) is 18.4. The summed E-state index contributed by atoms with van der Waals surface area (Å²) >= 11 is 6.26. The number of ether oxygens (including phenoxy) is 1. The molecule has 0 aliphatic heterocycles. The van der Waals surface area contributed by atoms with Gasteiger partial charge in [-0.25, -0.2) is 4.79 Å². The Morgan fingerprint density at radius 1 is 1.28 bits per heavy atom. The molecular formula is C20H18ClNO3. The lowest BCUT2D eigenvalue weighted by atomic mass is 10.0. The first-order valence-corrected chi connectivity index (χ1v) is 8.24. The number of halogens is 1. The fraction of sp³-hybridized carbons (Fsp3) is 0.200. The number of nitrogens with zero attached hydrogens (tertiary/aromatic N) is 1. The quantitative estimate of drug-likeness (QED) is 0.565. The minimum Gasteiger partial charge on any atom is -0.489 e. The van der Waals surface area contributed by atoms with Gasteiger partial charge in [0.05, 0.1) is 28.3 Å². The van der Waals surface area contributed by atoms with Crippen LogP contribution >= 0.6 is 11.6 Å². The van der Waals surface area contributed by atoms with Crippen LogP contribution in [0.4, 0.5) is 0 Å². The maximum absolute atomic E-state index is 10.9. The summed E-state index contributed by atoms with van der Waals surface area (Å²) in [5.74, 6) is -0.393. The van der Waals surface area contributed by atoms with Crippen molar-refractivity contribution in [1.29, 1.82) is 5.26 Å². The Balaban J connectivity index is 2.29. The van der Waals surface area contributed by atoms with Crippen molar-refractivity contribution in [1.82, 2.24) is 0 Å². The van der Waals surface area contributed by atoms with E-state index >= 15 is 0 Å². The number of rotatable bonds is 6. The lowest BCUT2D eigenvalue weighted by molar-refractivity contribution is 0.0697. The zero-order valence-electron chi connectivity index (χ0n) is 14.0. The van der Waals surface area contributed by atoms with E-state index in [0.717, 1.165) is 12.0 Å². The van der Waals surface area contributed by atoms with Gasteiger partial charge in [0, 0.05) is 0 Å². The molecule has 2 aromatic carbocycles. The number of nitriles is 1. The highest BCUT2D eigenvalue weighted by molar-refractivity contribution is 6.32. The fourth-order valence-corrected chi connectivity index (χ4v) is 2.38. The largest absolute Gasteiger partial charge is 0.489 e. The van der Waals surface area contributed by atoms with Gasteiger partial charge in [0.2, 0.25) is 0 Å². The molecule has 2 aromatic rings. The van der Waals surface area contributed by atoms with E-state index in [-0.39, 0.29) is 11.7 Å². The van der Waals surface area contributed by atoms with E-state index in [1.165, 1.54) is 12.1 Å². The van der Waals surface area contributed by atoms with E-state index in [4.69, 9.17) is 21.4 Å².